The highest BCUT2D eigenvalue weighted by molar-refractivity contribution is 5.83. The van der Waals surface area contributed by atoms with Gasteiger partial charge in [-0.25, -0.2) is 4.79 Å². The van der Waals surface area contributed by atoms with Crippen LogP contribution < -0.4 is 5.32 Å². The number of alkyl carbamates (subject to hydrolysis) is 1. The summed E-state index contributed by atoms with van der Waals surface area (Å²) in [6.07, 6.45) is 1.23. The number of rotatable bonds is 6. The van der Waals surface area contributed by atoms with Gasteiger partial charge in [0.1, 0.15) is 11.9 Å². The SMILES string of the molecule is CC(C)(C)OC(=O)N[C@@H](Cc1c[nH]c2ccccc12)C(O)CC=O. The standard InChI is InChI=1S/C18H24N2O4/c1-18(2,3)24-17(23)20-15(16(22)8-9-21)10-12-11-19-14-7-5-4-6-13(12)14/h4-7,9,11,15-16,19,22H,8,10H2,1-3H3,(H,20,23)/t15-,16?/m0/s1. The van der Waals surface area contributed by atoms with E-state index in [1.165, 1.54) is 0 Å². The maximum atomic E-state index is 12.0. The van der Waals surface area contributed by atoms with Gasteiger partial charge in [0.15, 0.2) is 0 Å². The van der Waals surface area contributed by atoms with Crippen molar-refractivity contribution >= 4 is 23.3 Å². The molecule has 1 heterocycles. The lowest BCUT2D eigenvalue weighted by molar-refractivity contribution is -0.109. The maximum Gasteiger partial charge on any atom is 0.407 e. The van der Waals surface area contributed by atoms with Gasteiger partial charge in [-0.15, -0.1) is 0 Å². The van der Waals surface area contributed by atoms with Crippen molar-refractivity contribution in [2.75, 3.05) is 0 Å². The zero-order valence-electron chi connectivity index (χ0n) is 14.2. The summed E-state index contributed by atoms with van der Waals surface area (Å²) < 4.78 is 5.25. The highest BCUT2D eigenvalue weighted by Crippen LogP contribution is 2.20. The van der Waals surface area contributed by atoms with Crippen LogP contribution in [0.4, 0.5) is 4.79 Å². The van der Waals surface area contributed by atoms with Gasteiger partial charge in [-0.1, -0.05) is 18.2 Å². The first-order chi connectivity index (χ1) is 11.3. The van der Waals surface area contributed by atoms with E-state index in [1.807, 2.05) is 30.5 Å². The van der Waals surface area contributed by atoms with Crippen molar-refractivity contribution in [1.82, 2.24) is 10.3 Å². The predicted molar refractivity (Wildman–Crippen MR) is 91.8 cm³/mol. The summed E-state index contributed by atoms with van der Waals surface area (Å²) in [5, 5.41) is 13.9. The molecule has 0 fully saturated rings. The van der Waals surface area contributed by atoms with Gasteiger partial charge in [-0.2, -0.15) is 0 Å². The third-order valence-electron chi connectivity index (χ3n) is 3.62. The van der Waals surface area contributed by atoms with E-state index < -0.39 is 23.8 Å². The van der Waals surface area contributed by atoms with Crippen LogP contribution in [0, 0.1) is 0 Å². The number of aliphatic hydroxyl groups is 1. The van der Waals surface area contributed by atoms with Gasteiger partial charge in [-0.05, 0) is 38.8 Å². The Bertz CT molecular complexity index is 702. The molecular weight excluding hydrogens is 308 g/mol. The molecule has 0 aliphatic carbocycles. The minimum atomic E-state index is -0.983. The number of aldehydes is 1. The van der Waals surface area contributed by atoms with Crippen LogP contribution in [0.5, 0.6) is 0 Å². The van der Waals surface area contributed by atoms with E-state index in [4.69, 9.17) is 4.74 Å². The number of hydrogen-bond donors (Lipinski definition) is 3. The Balaban J connectivity index is 2.17. The Morgan fingerprint density at radius 1 is 1.38 bits per heavy atom. The van der Waals surface area contributed by atoms with E-state index >= 15 is 0 Å². The van der Waals surface area contributed by atoms with Crippen LogP contribution in [0.2, 0.25) is 0 Å². The number of carbonyl (C=O) groups is 2. The highest BCUT2D eigenvalue weighted by Gasteiger charge is 2.25. The quantitative estimate of drug-likeness (QED) is 0.709. The largest absolute Gasteiger partial charge is 0.444 e. The van der Waals surface area contributed by atoms with Gasteiger partial charge in [0, 0.05) is 23.5 Å². The Labute approximate surface area is 141 Å². The molecular formula is C18H24N2O4. The van der Waals surface area contributed by atoms with Crippen molar-refractivity contribution in [1.29, 1.82) is 0 Å². The summed E-state index contributed by atoms with van der Waals surface area (Å²) >= 11 is 0. The minimum Gasteiger partial charge on any atom is -0.444 e. The number of carbonyl (C=O) groups excluding carboxylic acids is 2. The first kappa shape index (κ1) is 18.0. The lowest BCUT2D eigenvalue weighted by atomic mass is 9.99. The summed E-state index contributed by atoms with van der Waals surface area (Å²) in [5.74, 6) is 0. The van der Waals surface area contributed by atoms with E-state index in [-0.39, 0.29) is 6.42 Å². The number of aromatic nitrogens is 1. The molecule has 0 bridgehead atoms. The molecule has 0 spiro atoms. The molecule has 6 heteroatoms. The topological polar surface area (TPSA) is 91.4 Å². The third kappa shape index (κ3) is 4.83. The molecule has 6 nitrogen and oxygen atoms in total. The smallest absolute Gasteiger partial charge is 0.407 e. The highest BCUT2D eigenvalue weighted by atomic mass is 16.6. The van der Waals surface area contributed by atoms with Crippen LogP contribution in [-0.4, -0.2) is 40.2 Å². The number of ether oxygens (including phenoxy) is 1. The normalized spacial score (nSPS) is 14.2. The predicted octanol–water partition coefficient (Wildman–Crippen LogP) is 2.55. The molecule has 130 valence electrons. The van der Waals surface area contributed by atoms with Gasteiger partial charge in [0.05, 0.1) is 12.1 Å². The van der Waals surface area contributed by atoms with E-state index in [0.29, 0.717) is 12.7 Å². The number of hydrogen-bond acceptors (Lipinski definition) is 4. The zero-order valence-corrected chi connectivity index (χ0v) is 14.2. The van der Waals surface area contributed by atoms with Gasteiger partial charge < -0.3 is 24.9 Å². The van der Waals surface area contributed by atoms with E-state index in [2.05, 4.69) is 10.3 Å². The second-order valence-corrected chi connectivity index (χ2v) is 6.79. The zero-order chi connectivity index (χ0) is 17.7. The van der Waals surface area contributed by atoms with Crippen LogP contribution in [0.1, 0.15) is 32.8 Å². The summed E-state index contributed by atoms with van der Waals surface area (Å²) in [5.41, 5.74) is 1.30. The minimum absolute atomic E-state index is 0.0528. The lowest BCUT2D eigenvalue weighted by Crippen LogP contribution is -2.46. The second-order valence-electron chi connectivity index (χ2n) is 6.79. The van der Waals surface area contributed by atoms with Crippen LogP contribution in [0.15, 0.2) is 30.5 Å². The number of benzene rings is 1. The van der Waals surface area contributed by atoms with Crippen LogP contribution in [0.3, 0.4) is 0 Å². The van der Waals surface area contributed by atoms with E-state index in [1.54, 1.807) is 20.8 Å². The van der Waals surface area contributed by atoms with E-state index in [0.717, 1.165) is 16.5 Å². The molecule has 0 radical (unpaired) electrons. The molecule has 0 aliphatic heterocycles. The average Bonchev–Trinajstić information content (AvgIpc) is 2.88. The average molecular weight is 332 g/mol. The lowest BCUT2D eigenvalue weighted by Gasteiger charge is -2.26. The summed E-state index contributed by atoms with van der Waals surface area (Å²) in [6.45, 7) is 5.30. The number of aliphatic hydroxyl groups excluding tert-OH is 1. The first-order valence-electron chi connectivity index (χ1n) is 7.96. The molecule has 1 aromatic heterocycles. The molecule has 2 aromatic rings. The Hall–Kier alpha value is -2.34. The van der Waals surface area contributed by atoms with Gasteiger partial charge in [-0.3, -0.25) is 0 Å². The molecule has 2 atom stereocenters. The van der Waals surface area contributed by atoms with Crippen molar-refractivity contribution in [2.45, 2.75) is 51.4 Å². The molecule has 1 unspecified atom stereocenters. The monoisotopic (exact) mass is 332 g/mol. The summed E-state index contributed by atoms with van der Waals surface area (Å²) in [7, 11) is 0. The first-order valence-corrected chi connectivity index (χ1v) is 7.96. The summed E-state index contributed by atoms with van der Waals surface area (Å²) in [6, 6.07) is 7.16. The van der Waals surface area contributed by atoms with Crippen molar-refractivity contribution in [3.05, 3.63) is 36.0 Å². The van der Waals surface area contributed by atoms with Gasteiger partial charge in [0.25, 0.3) is 0 Å². The number of para-hydroxylation sites is 1. The van der Waals surface area contributed by atoms with E-state index in [9.17, 15) is 14.7 Å². The molecule has 3 N–H and O–H groups in total. The molecule has 0 aliphatic rings. The summed E-state index contributed by atoms with van der Waals surface area (Å²) in [4.78, 5) is 25.9. The van der Waals surface area contributed by atoms with Crippen molar-refractivity contribution in [3.63, 3.8) is 0 Å². The number of H-pyrrole nitrogens is 1. The maximum absolute atomic E-state index is 12.0. The Kier molecular flexibility index (Phi) is 5.62. The molecule has 24 heavy (non-hydrogen) atoms. The third-order valence-corrected chi connectivity index (χ3v) is 3.62. The number of nitrogens with one attached hydrogen (secondary N) is 2. The number of fused-ring (bicyclic) bond motifs is 1. The fourth-order valence-electron chi connectivity index (χ4n) is 2.54. The molecule has 0 saturated carbocycles. The van der Waals surface area contributed by atoms with Crippen LogP contribution in [0.25, 0.3) is 10.9 Å². The fraction of sp³-hybridized carbons (Fsp3) is 0.444. The molecule has 0 saturated heterocycles. The van der Waals surface area contributed by atoms with Crippen LogP contribution >= 0.6 is 0 Å². The van der Waals surface area contributed by atoms with Gasteiger partial charge >= 0.3 is 6.09 Å². The fourth-order valence-corrected chi connectivity index (χ4v) is 2.54. The second kappa shape index (κ2) is 7.49. The van der Waals surface area contributed by atoms with Crippen LogP contribution in [-0.2, 0) is 16.0 Å². The van der Waals surface area contributed by atoms with Gasteiger partial charge in [0.2, 0.25) is 0 Å². The number of amides is 1. The molecule has 1 amide bonds. The molecule has 1 aromatic carbocycles. The van der Waals surface area contributed by atoms with Crippen molar-refractivity contribution in [3.8, 4) is 0 Å². The Morgan fingerprint density at radius 2 is 2.08 bits per heavy atom. The number of aromatic amines is 1. The Morgan fingerprint density at radius 3 is 2.75 bits per heavy atom. The molecule has 2 rings (SSSR count). The van der Waals surface area contributed by atoms with Crippen molar-refractivity contribution in [2.24, 2.45) is 0 Å². The van der Waals surface area contributed by atoms with Crippen molar-refractivity contribution < 1.29 is 19.4 Å².